The van der Waals surface area contributed by atoms with Gasteiger partial charge in [-0.1, -0.05) is 42.5 Å². The average Bonchev–Trinajstić information content (AvgIpc) is 2.46. The van der Waals surface area contributed by atoms with E-state index in [9.17, 15) is 5.11 Å². The Hall–Kier alpha value is -1.16. The van der Waals surface area contributed by atoms with Crippen molar-refractivity contribution in [2.45, 2.75) is 31.5 Å². The molecule has 0 bridgehead atoms. The van der Waals surface area contributed by atoms with Gasteiger partial charge in [0.25, 0.3) is 0 Å². The Morgan fingerprint density at radius 2 is 2.11 bits per heavy atom. The average molecular weight is 247 g/mol. The highest BCUT2D eigenvalue weighted by molar-refractivity contribution is 5.18. The third-order valence-corrected chi connectivity index (χ3v) is 3.35. The van der Waals surface area contributed by atoms with Crippen molar-refractivity contribution in [1.29, 1.82) is 0 Å². The van der Waals surface area contributed by atoms with Gasteiger partial charge in [0.2, 0.25) is 0 Å². The molecule has 0 unspecified atom stereocenters. The third-order valence-electron chi connectivity index (χ3n) is 3.35. The van der Waals surface area contributed by atoms with Crippen LogP contribution in [0.5, 0.6) is 0 Å². The van der Waals surface area contributed by atoms with Crippen molar-refractivity contribution < 1.29 is 9.84 Å². The van der Waals surface area contributed by atoms with Gasteiger partial charge in [0.15, 0.2) is 0 Å². The third kappa shape index (κ3) is 3.42. The second-order valence-electron chi connectivity index (χ2n) is 4.67. The van der Waals surface area contributed by atoms with E-state index in [1.54, 1.807) is 0 Å². The maximum absolute atomic E-state index is 9.51. The molecule has 1 aromatic carbocycles. The molecule has 2 rings (SSSR count). The smallest absolute Gasteiger partial charge is 0.0789 e. The lowest BCUT2D eigenvalue weighted by Gasteiger charge is -2.30. The maximum atomic E-state index is 9.51. The topological polar surface area (TPSA) is 41.5 Å². The van der Waals surface area contributed by atoms with Crippen molar-refractivity contribution in [1.82, 2.24) is 5.32 Å². The molecule has 0 aliphatic carbocycles. The van der Waals surface area contributed by atoms with E-state index in [-0.39, 0.29) is 24.8 Å². The molecular weight excluding hydrogens is 226 g/mol. The molecule has 0 saturated carbocycles. The van der Waals surface area contributed by atoms with Crippen molar-refractivity contribution in [2.24, 2.45) is 0 Å². The van der Waals surface area contributed by atoms with Gasteiger partial charge in [-0.15, -0.1) is 0 Å². The standard InChI is InChI=1S/C15H21NO2/c1-12(13-7-3-2-4-8-13)16-14(11-17)15-9-5-6-10-18-15/h2-8,12,14-17H,9-11H2,1H3/t12-,14-,15+/m1/s1. The highest BCUT2D eigenvalue weighted by Crippen LogP contribution is 2.16. The quantitative estimate of drug-likeness (QED) is 0.782. The summed E-state index contributed by atoms with van der Waals surface area (Å²) in [5, 5.41) is 13.0. The van der Waals surface area contributed by atoms with Gasteiger partial charge in [0.05, 0.1) is 25.4 Å². The molecule has 2 N–H and O–H groups in total. The zero-order valence-electron chi connectivity index (χ0n) is 10.8. The number of rotatable bonds is 5. The highest BCUT2D eigenvalue weighted by Gasteiger charge is 2.23. The van der Waals surface area contributed by atoms with Crippen LogP contribution in [0, 0.1) is 0 Å². The minimum Gasteiger partial charge on any atom is -0.395 e. The van der Waals surface area contributed by atoms with Gasteiger partial charge < -0.3 is 15.2 Å². The predicted octanol–water partition coefficient (Wildman–Crippen LogP) is 2.04. The molecule has 1 aromatic rings. The summed E-state index contributed by atoms with van der Waals surface area (Å²) >= 11 is 0. The Bertz CT molecular complexity index is 377. The summed E-state index contributed by atoms with van der Waals surface area (Å²) in [7, 11) is 0. The summed E-state index contributed by atoms with van der Waals surface area (Å²) in [6.07, 6.45) is 5.06. The van der Waals surface area contributed by atoms with E-state index in [0.717, 1.165) is 6.42 Å². The second kappa shape index (κ2) is 6.69. The molecule has 3 atom stereocenters. The highest BCUT2D eigenvalue weighted by atomic mass is 16.5. The Balaban J connectivity index is 1.95. The Morgan fingerprint density at radius 3 is 2.72 bits per heavy atom. The number of benzene rings is 1. The zero-order valence-corrected chi connectivity index (χ0v) is 10.8. The fourth-order valence-corrected chi connectivity index (χ4v) is 2.26. The van der Waals surface area contributed by atoms with Gasteiger partial charge in [-0.05, 0) is 18.9 Å². The van der Waals surface area contributed by atoms with Gasteiger partial charge in [-0.3, -0.25) is 0 Å². The summed E-state index contributed by atoms with van der Waals surface area (Å²) in [5.74, 6) is 0. The largest absolute Gasteiger partial charge is 0.395 e. The van der Waals surface area contributed by atoms with Crippen LogP contribution < -0.4 is 5.32 Å². The number of aliphatic hydroxyl groups excluding tert-OH is 1. The number of hydrogen-bond donors (Lipinski definition) is 2. The van der Waals surface area contributed by atoms with E-state index in [1.165, 1.54) is 5.56 Å². The summed E-state index contributed by atoms with van der Waals surface area (Å²) in [4.78, 5) is 0. The van der Waals surface area contributed by atoms with Crippen LogP contribution in [0.15, 0.2) is 42.5 Å². The molecule has 1 heterocycles. The first-order valence-electron chi connectivity index (χ1n) is 6.49. The number of ether oxygens (including phenoxy) is 1. The molecule has 1 aliphatic rings. The number of nitrogens with one attached hydrogen (secondary N) is 1. The van der Waals surface area contributed by atoms with E-state index in [4.69, 9.17) is 4.74 Å². The minimum absolute atomic E-state index is 0.0230. The first-order valence-corrected chi connectivity index (χ1v) is 6.49. The van der Waals surface area contributed by atoms with Crippen LogP contribution in [0.3, 0.4) is 0 Å². The van der Waals surface area contributed by atoms with E-state index in [2.05, 4.69) is 30.4 Å². The van der Waals surface area contributed by atoms with Crippen LogP contribution in [0.2, 0.25) is 0 Å². The Kier molecular flexibility index (Phi) is 4.93. The van der Waals surface area contributed by atoms with Gasteiger partial charge in [-0.2, -0.15) is 0 Å². The summed E-state index contributed by atoms with van der Waals surface area (Å²) in [5.41, 5.74) is 1.22. The molecule has 3 heteroatoms. The lowest BCUT2D eigenvalue weighted by atomic mass is 10.0. The molecular formula is C15H21NO2. The molecule has 18 heavy (non-hydrogen) atoms. The first-order chi connectivity index (χ1) is 8.81. The summed E-state index contributed by atoms with van der Waals surface area (Å²) in [6.45, 7) is 2.84. The maximum Gasteiger partial charge on any atom is 0.0789 e. The second-order valence-corrected chi connectivity index (χ2v) is 4.67. The molecule has 1 aliphatic heterocycles. The van der Waals surface area contributed by atoms with Crippen molar-refractivity contribution >= 4 is 0 Å². The van der Waals surface area contributed by atoms with Gasteiger partial charge in [-0.25, -0.2) is 0 Å². The van der Waals surface area contributed by atoms with Gasteiger partial charge in [0.1, 0.15) is 0 Å². The van der Waals surface area contributed by atoms with Crippen LogP contribution >= 0.6 is 0 Å². The van der Waals surface area contributed by atoms with Crippen molar-refractivity contribution in [3.8, 4) is 0 Å². The van der Waals surface area contributed by atoms with Gasteiger partial charge >= 0.3 is 0 Å². The molecule has 0 spiro atoms. The van der Waals surface area contributed by atoms with E-state index < -0.39 is 0 Å². The van der Waals surface area contributed by atoms with E-state index in [1.807, 2.05) is 24.3 Å². The van der Waals surface area contributed by atoms with E-state index in [0.29, 0.717) is 6.61 Å². The molecule has 98 valence electrons. The molecule has 0 amide bonds. The SMILES string of the molecule is C[C@@H](N[C@H](CO)[C@@H]1CC=CCO1)c1ccccc1. The minimum atomic E-state index is -0.0230. The molecule has 0 radical (unpaired) electrons. The van der Waals surface area contributed by atoms with Crippen molar-refractivity contribution in [3.05, 3.63) is 48.0 Å². The predicted molar refractivity (Wildman–Crippen MR) is 72.4 cm³/mol. The molecule has 0 fully saturated rings. The summed E-state index contributed by atoms with van der Waals surface area (Å²) in [6, 6.07) is 10.4. The molecule has 0 aromatic heterocycles. The number of hydrogen-bond acceptors (Lipinski definition) is 3. The lowest BCUT2D eigenvalue weighted by molar-refractivity contribution is 0.0179. The van der Waals surface area contributed by atoms with Crippen LogP contribution in [-0.2, 0) is 4.74 Å². The molecule has 0 saturated heterocycles. The van der Waals surface area contributed by atoms with Crippen molar-refractivity contribution in [2.75, 3.05) is 13.2 Å². The summed E-state index contributed by atoms with van der Waals surface area (Å²) < 4.78 is 5.66. The normalized spacial score (nSPS) is 22.7. The van der Waals surface area contributed by atoms with Crippen molar-refractivity contribution in [3.63, 3.8) is 0 Å². The molecule has 3 nitrogen and oxygen atoms in total. The van der Waals surface area contributed by atoms with E-state index >= 15 is 0 Å². The first kappa shape index (κ1) is 13.3. The fourth-order valence-electron chi connectivity index (χ4n) is 2.26. The Labute approximate surface area is 108 Å². The Morgan fingerprint density at radius 1 is 1.33 bits per heavy atom. The van der Waals surface area contributed by atoms with Crippen LogP contribution in [0.4, 0.5) is 0 Å². The number of aliphatic hydroxyl groups is 1. The van der Waals surface area contributed by atoms with Crippen LogP contribution in [0.1, 0.15) is 24.9 Å². The zero-order chi connectivity index (χ0) is 12.8. The lowest BCUT2D eigenvalue weighted by Crippen LogP contribution is -2.45. The fraction of sp³-hybridized carbons (Fsp3) is 0.467. The van der Waals surface area contributed by atoms with Crippen LogP contribution in [-0.4, -0.2) is 30.5 Å². The van der Waals surface area contributed by atoms with Gasteiger partial charge in [0, 0.05) is 6.04 Å². The van der Waals surface area contributed by atoms with Crippen LogP contribution in [0.25, 0.3) is 0 Å². The monoisotopic (exact) mass is 247 g/mol.